The van der Waals surface area contributed by atoms with Crippen molar-refractivity contribution in [3.63, 3.8) is 0 Å². The van der Waals surface area contributed by atoms with E-state index in [4.69, 9.17) is 4.74 Å². The average Bonchev–Trinajstić information content (AvgIpc) is 2.70. The van der Waals surface area contributed by atoms with Gasteiger partial charge in [0.05, 0.1) is 6.10 Å². The van der Waals surface area contributed by atoms with Gasteiger partial charge in [0.1, 0.15) is 0 Å². The van der Waals surface area contributed by atoms with Gasteiger partial charge in [0, 0.05) is 33.3 Å². The van der Waals surface area contributed by atoms with Crippen LogP contribution < -0.4 is 10.6 Å². The van der Waals surface area contributed by atoms with Gasteiger partial charge in [-0.05, 0) is 50.8 Å². The molecular formula is C21H37IN4O. The van der Waals surface area contributed by atoms with Crippen molar-refractivity contribution < 1.29 is 4.74 Å². The van der Waals surface area contributed by atoms with Crippen molar-refractivity contribution in [3.05, 3.63) is 35.9 Å². The number of hydrogen-bond donors (Lipinski definition) is 2. The Morgan fingerprint density at radius 2 is 2.07 bits per heavy atom. The van der Waals surface area contributed by atoms with Crippen LogP contribution >= 0.6 is 24.0 Å². The highest BCUT2D eigenvalue weighted by atomic mass is 127. The smallest absolute Gasteiger partial charge is 0.190 e. The van der Waals surface area contributed by atoms with E-state index >= 15 is 0 Å². The Morgan fingerprint density at radius 1 is 1.30 bits per heavy atom. The van der Waals surface area contributed by atoms with Gasteiger partial charge in [0.15, 0.2) is 5.96 Å². The van der Waals surface area contributed by atoms with Gasteiger partial charge in [0.25, 0.3) is 0 Å². The molecule has 1 aromatic rings. The minimum Gasteiger partial charge on any atom is -0.374 e. The van der Waals surface area contributed by atoms with Gasteiger partial charge in [-0.3, -0.25) is 4.99 Å². The molecule has 0 aliphatic carbocycles. The maximum absolute atomic E-state index is 5.92. The molecule has 0 saturated carbocycles. The van der Waals surface area contributed by atoms with E-state index in [1.165, 1.54) is 31.5 Å². The molecule has 2 atom stereocenters. The number of aliphatic imine (C=N–C) groups is 1. The average molecular weight is 488 g/mol. The second-order valence-corrected chi connectivity index (χ2v) is 7.06. The van der Waals surface area contributed by atoms with Crippen LogP contribution in [-0.4, -0.2) is 57.2 Å². The molecule has 154 valence electrons. The molecule has 1 fully saturated rings. The highest BCUT2D eigenvalue weighted by molar-refractivity contribution is 14.0. The molecule has 1 aliphatic heterocycles. The third kappa shape index (κ3) is 9.25. The maximum atomic E-state index is 5.92. The first kappa shape index (κ1) is 24.2. The van der Waals surface area contributed by atoms with E-state index < -0.39 is 0 Å². The van der Waals surface area contributed by atoms with Gasteiger partial charge in [-0.15, -0.1) is 24.0 Å². The van der Waals surface area contributed by atoms with Crippen molar-refractivity contribution in [1.82, 2.24) is 15.5 Å². The second-order valence-electron chi connectivity index (χ2n) is 7.06. The highest BCUT2D eigenvalue weighted by Crippen LogP contribution is 2.16. The Morgan fingerprint density at radius 3 is 2.78 bits per heavy atom. The molecule has 0 amide bonds. The van der Waals surface area contributed by atoms with Crippen molar-refractivity contribution in [2.45, 2.75) is 39.2 Å². The normalized spacial score (nSPS) is 19.2. The van der Waals surface area contributed by atoms with Gasteiger partial charge in [-0.1, -0.05) is 37.3 Å². The summed E-state index contributed by atoms with van der Waals surface area (Å²) in [4.78, 5) is 6.87. The number of rotatable bonds is 9. The summed E-state index contributed by atoms with van der Waals surface area (Å²) in [5, 5.41) is 6.87. The number of nitrogens with one attached hydrogen (secondary N) is 2. The van der Waals surface area contributed by atoms with Crippen LogP contribution in [0.1, 0.15) is 44.8 Å². The molecule has 1 aliphatic rings. The Kier molecular flexibility index (Phi) is 12.7. The summed E-state index contributed by atoms with van der Waals surface area (Å²) in [6, 6.07) is 10.4. The van der Waals surface area contributed by atoms with Crippen LogP contribution in [0, 0.1) is 5.92 Å². The van der Waals surface area contributed by atoms with Crippen LogP contribution in [0.4, 0.5) is 0 Å². The molecule has 27 heavy (non-hydrogen) atoms. The van der Waals surface area contributed by atoms with E-state index in [0.717, 1.165) is 44.5 Å². The topological polar surface area (TPSA) is 48.9 Å². The zero-order valence-electron chi connectivity index (χ0n) is 17.1. The first-order valence-corrected chi connectivity index (χ1v) is 10.1. The van der Waals surface area contributed by atoms with Crippen LogP contribution in [0.25, 0.3) is 0 Å². The maximum Gasteiger partial charge on any atom is 0.190 e. The van der Waals surface area contributed by atoms with Crippen molar-refractivity contribution in [2.75, 3.05) is 46.4 Å². The van der Waals surface area contributed by atoms with Crippen LogP contribution in [0.15, 0.2) is 35.3 Å². The van der Waals surface area contributed by atoms with Crippen LogP contribution in [0.5, 0.6) is 0 Å². The summed E-state index contributed by atoms with van der Waals surface area (Å²) in [7, 11) is 1.84. The van der Waals surface area contributed by atoms with E-state index in [1.54, 1.807) is 0 Å². The lowest BCUT2D eigenvalue weighted by Crippen LogP contribution is -2.44. The number of hydrogen-bond acceptors (Lipinski definition) is 3. The standard InChI is InChI=1S/C21H36N4O.HI/c1-4-25-14-8-10-19(17-25)16-24-21(22-3)23-13-9-15-26-18(2)20-11-6-5-7-12-20;/h5-7,11-12,18-19H,4,8-10,13-17H2,1-3H3,(H2,22,23,24);1H. The molecule has 5 nitrogen and oxygen atoms in total. The van der Waals surface area contributed by atoms with Crippen molar-refractivity contribution in [1.29, 1.82) is 0 Å². The molecule has 1 heterocycles. The molecule has 0 radical (unpaired) electrons. The number of guanidine groups is 1. The third-order valence-corrected chi connectivity index (χ3v) is 5.08. The molecule has 1 aromatic carbocycles. The highest BCUT2D eigenvalue weighted by Gasteiger charge is 2.18. The number of benzene rings is 1. The van der Waals surface area contributed by atoms with Gasteiger partial charge >= 0.3 is 0 Å². The minimum absolute atomic E-state index is 0. The molecule has 1 saturated heterocycles. The van der Waals surface area contributed by atoms with Gasteiger partial charge in [0.2, 0.25) is 0 Å². The number of halogens is 1. The Labute approximate surface area is 182 Å². The van der Waals surface area contributed by atoms with Gasteiger partial charge in [-0.2, -0.15) is 0 Å². The molecule has 6 heteroatoms. The van der Waals surface area contributed by atoms with E-state index in [0.29, 0.717) is 0 Å². The summed E-state index contributed by atoms with van der Waals surface area (Å²) in [6.45, 7) is 10.6. The van der Waals surface area contributed by atoms with Crippen molar-refractivity contribution >= 4 is 29.9 Å². The zero-order chi connectivity index (χ0) is 18.6. The summed E-state index contributed by atoms with van der Waals surface area (Å²) in [5.74, 6) is 1.62. The second kappa shape index (κ2) is 14.2. The first-order chi connectivity index (χ1) is 12.7. The molecule has 0 spiro atoms. The monoisotopic (exact) mass is 488 g/mol. The number of piperidine rings is 1. The predicted molar refractivity (Wildman–Crippen MR) is 125 cm³/mol. The minimum atomic E-state index is 0. The SMILES string of the molecule is CCN1CCCC(CNC(=NC)NCCCOC(C)c2ccccc2)C1.I. The summed E-state index contributed by atoms with van der Waals surface area (Å²) in [6.07, 6.45) is 3.72. The van der Waals surface area contributed by atoms with Gasteiger partial charge < -0.3 is 20.3 Å². The lowest BCUT2D eigenvalue weighted by Gasteiger charge is -2.32. The predicted octanol–water partition coefficient (Wildman–Crippen LogP) is 3.67. The van der Waals surface area contributed by atoms with E-state index in [-0.39, 0.29) is 30.1 Å². The van der Waals surface area contributed by atoms with E-state index in [1.807, 2.05) is 13.1 Å². The van der Waals surface area contributed by atoms with Crippen molar-refractivity contribution in [3.8, 4) is 0 Å². The van der Waals surface area contributed by atoms with Crippen molar-refractivity contribution in [2.24, 2.45) is 10.9 Å². The Hall–Kier alpha value is -0.860. The largest absolute Gasteiger partial charge is 0.374 e. The molecular weight excluding hydrogens is 451 g/mol. The lowest BCUT2D eigenvalue weighted by atomic mass is 9.98. The molecule has 2 unspecified atom stereocenters. The van der Waals surface area contributed by atoms with Crippen LogP contribution in [-0.2, 0) is 4.74 Å². The summed E-state index contributed by atoms with van der Waals surface area (Å²) >= 11 is 0. The first-order valence-electron chi connectivity index (χ1n) is 10.1. The third-order valence-electron chi connectivity index (χ3n) is 5.08. The fourth-order valence-corrected chi connectivity index (χ4v) is 3.43. The summed E-state index contributed by atoms with van der Waals surface area (Å²) in [5.41, 5.74) is 1.23. The Balaban J connectivity index is 0.00000364. The number of likely N-dealkylation sites (tertiary alicyclic amines) is 1. The van der Waals surface area contributed by atoms with E-state index in [9.17, 15) is 0 Å². The molecule has 0 bridgehead atoms. The zero-order valence-corrected chi connectivity index (χ0v) is 19.4. The fraction of sp³-hybridized carbons (Fsp3) is 0.667. The van der Waals surface area contributed by atoms with Gasteiger partial charge in [-0.25, -0.2) is 0 Å². The number of nitrogens with zero attached hydrogens (tertiary/aromatic N) is 2. The quantitative estimate of drug-likeness (QED) is 0.241. The van der Waals surface area contributed by atoms with E-state index in [2.05, 4.69) is 58.6 Å². The molecule has 0 aromatic heterocycles. The van der Waals surface area contributed by atoms with Crippen LogP contribution in [0.2, 0.25) is 0 Å². The van der Waals surface area contributed by atoms with Crippen LogP contribution in [0.3, 0.4) is 0 Å². The lowest BCUT2D eigenvalue weighted by molar-refractivity contribution is 0.0646. The molecule has 2 rings (SSSR count). The Bertz CT molecular complexity index is 526. The molecule has 2 N–H and O–H groups in total. The number of ether oxygens (including phenoxy) is 1. The fourth-order valence-electron chi connectivity index (χ4n) is 3.43. The summed E-state index contributed by atoms with van der Waals surface area (Å²) < 4.78 is 5.92.